The third-order valence-corrected chi connectivity index (χ3v) is 6.79. The zero-order valence-corrected chi connectivity index (χ0v) is 13.1. The van der Waals surface area contributed by atoms with Crippen molar-refractivity contribution in [3.63, 3.8) is 0 Å². The van der Waals surface area contributed by atoms with Gasteiger partial charge >= 0.3 is 0 Å². The zero-order valence-electron chi connectivity index (χ0n) is 12.2. The lowest BCUT2D eigenvalue weighted by molar-refractivity contribution is -0.130. The highest BCUT2D eigenvalue weighted by Crippen LogP contribution is 2.40. The Morgan fingerprint density at radius 3 is 2.57 bits per heavy atom. The fourth-order valence-corrected chi connectivity index (χ4v) is 5.77. The number of piperidine rings is 2. The molecule has 0 saturated carbocycles. The highest BCUT2D eigenvalue weighted by atomic mass is 32.2. The summed E-state index contributed by atoms with van der Waals surface area (Å²) in [6.07, 6.45) is 3.70. The highest BCUT2D eigenvalue weighted by Gasteiger charge is 2.48. The van der Waals surface area contributed by atoms with E-state index in [1.807, 2.05) is 13.0 Å². The summed E-state index contributed by atoms with van der Waals surface area (Å²) in [7, 11) is -3.51. The van der Waals surface area contributed by atoms with Gasteiger partial charge in [0.05, 0.1) is 4.90 Å². The van der Waals surface area contributed by atoms with E-state index in [0.717, 1.165) is 25.7 Å². The Kier molecular flexibility index (Phi) is 3.88. The number of rotatable bonds is 3. The molecule has 2 fully saturated rings. The van der Waals surface area contributed by atoms with Crippen LogP contribution in [-0.2, 0) is 14.8 Å². The van der Waals surface area contributed by atoms with Crippen LogP contribution in [0.4, 0.5) is 0 Å². The molecule has 1 aromatic carbocycles. The Morgan fingerprint density at radius 1 is 1.19 bits per heavy atom. The number of carbonyl (C=O) groups excluding carboxylic acids is 1. The Bertz CT molecular complexity index is 626. The van der Waals surface area contributed by atoms with Gasteiger partial charge in [0.15, 0.2) is 0 Å². The number of carbonyl (C=O) groups is 1. The van der Waals surface area contributed by atoms with Crippen molar-refractivity contribution in [3.8, 4) is 0 Å². The van der Waals surface area contributed by atoms with Gasteiger partial charge < -0.3 is 0 Å². The van der Waals surface area contributed by atoms with Crippen LogP contribution in [0.3, 0.4) is 0 Å². The third-order valence-electron chi connectivity index (χ3n) is 4.80. The predicted octanol–water partition coefficient (Wildman–Crippen LogP) is 2.60. The van der Waals surface area contributed by atoms with Crippen molar-refractivity contribution >= 4 is 15.8 Å². The zero-order chi connectivity index (χ0) is 15.0. The van der Waals surface area contributed by atoms with Crippen LogP contribution in [-0.4, -0.2) is 30.6 Å². The molecule has 3 atom stereocenters. The molecule has 0 unspecified atom stereocenters. The van der Waals surface area contributed by atoms with Crippen molar-refractivity contribution in [2.45, 2.75) is 56.0 Å². The first-order valence-electron chi connectivity index (χ1n) is 7.67. The summed E-state index contributed by atoms with van der Waals surface area (Å²) in [4.78, 5) is 12.6. The van der Waals surface area contributed by atoms with E-state index in [4.69, 9.17) is 0 Å². The summed E-state index contributed by atoms with van der Waals surface area (Å²) in [5.41, 5.74) is 0. The van der Waals surface area contributed by atoms with Gasteiger partial charge in [-0.25, -0.2) is 8.42 Å². The van der Waals surface area contributed by atoms with Crippen molar-refractivity contribution in [2.24, 2.45) is 5.92 Å². The van der Waals surface area contributed by atoms with E-state index in [-0.39, 0.29) is 23.8 Å². The summed E-state index contributed by atoms with van der Waals surface area (Å²) in [5.74, 6) is 0.103. The van der Waals surface area contributed by atoms with Crippen molar-refractivity contribution < 1.29 is 13.2 Å². The minimum absolute atomic E-state index is 0.139. The van der Waals surface area contributed by atoms with Crippen molar-refractivity contribution in [1.82, 2.24) is 4.31 Å². The number of sulfonamides is 1. The van der Waals surface area contributed by atoms with Crippen LogP contribution in [0.25, 0.3) is 0 Å². The van der Waals surface area contributed by atoms with Gasteiger partial charge in [-0.1, -0.05) is 31.5 Å². The summed E-state index contributed by atoms with van der Waals surface area (Å²) < 4.78 is 27.6. The SMILES string of the molecule is CC[C@H]1C(=O)C[C@H]2CCC[C@@H]1N2S(=O)(=O)c1ccccc1. The Morgan fingerprint density at radius 2 is 1.90 bits per heavy atom. The lowest BCUT2D eigenvalue weighted by Gasteiger charge is -2.47. The largest absolute Gasteiger partial charge is 0.299 e. The molecule has 0 spiro atoms. The minimum Gasteiger partial charge on any atom is -0.299 e. The molecule has 2 aliphatic rings. The van der Waals surface area contributed by atoms with E-state index in [1.165, 1.54) is 0 Å². The van der Waals surface area contributed by atoms with Gasteiger partial charge in [-0.2, -0.15) is 4.31 Å². The molecule has 2 saturated heterocycles. The topological polar surface area (TPSA) is 54.5 Å². The number of benzene rings is 1. The number of Topliss-reactive ketones (excluding diaryl/α,β-unsaturated/α-hetero) is 1. The van der Waals surface area contributed by atoms with Crippen LogP contribution in [0.1, 0.15) is 39.0 Å². The van der Waals surface area contributed by atoms with E-state index in [9.17, 15) is 13.2 Å². The average Bonchev–Trinajstić information content (AvgIpc) is 2.48. The molecule has 2 aliphatic heterocycles. The van der Waals surface area contributed by atoms with Gasteiger partial charge in [-0.05, 0) is 31.4 Å². The van der Waals surface area contributed by atoms with Crippen LogP contribution in [0.2, 0.25) is 0 Å². The number of hydrogen-bond acceptors (Lipinski definition) is 3. The first kappa shape index (κ1) is 14.7. The molecule has 21 heavy (non-hydrogen) atoms. The Hall–Kier alpha value is -1.20. The summed E-state index contributed by atoms with van der Waals surface area (Å²) in [5, 5.41) is 0. The molecule has 0 aliphatic carbocycles. The number of fused-ring (bicyclic) bond motifs is 2. The molecule has 114 valence electrons. The molecule has 0 amide bonds. The second-order valence-electron chi connectivity index (χ2n) is 5.99. The maximum absolute atomic E-state index is 13.0. The van der Waals surface area contributed by atoms with Crippen molar-refractivity contribution in [3.05, 3.63) is 30.3 Å². The molecule has 1 aromatic rings. The smallest absolute Gasteiger partial charge is 0.243 e. The first-order valence-corrected chi connectivity index (χ1v) is 9.11. The molecule has 0 aromatic heterocycles. The molecule has 5 heteroatoms. The number of hydrogen-bond donors (Lipinski definition) is 0. The summed E-state index contributed by atoms with van der Waals surface area (Å²) in [6, 6.07) is 8.29. The second kappa shape index (κ2) is 5.54. The van der Waals surface area contributed by atoms with Crippen LogP contribution < -0.4 is 0 Å². The standard InChI is InChI=1S/C16H21NO3S/c1-2-14-15-10-6-7-12(11-16(14)18)17(15)21(19,20)13-8-4-3-5-9-13/h3-5,8-9,12,14-15H,2,6-7,10-11H2,1H3/t12-,14-,15+/m1/s1. The Balaban J connectivity index is 2.02. The molecule has 0 radical (unpaired) electrons. The normalized spacial score (nSPS) is 30.3. The molecule has 4 nitrogen and oxygen atoms in total. The quantitative estimate of drug-likeness (QED) is 0.862. The van der Waals surface area contributed by atoms with Gasteiger partial charge in [-0.15, -0.1) is 0 Å². The highest BCUT2D eigenvalue weighted by molar-refractivity contribution is 7.89. The fourth-order valence-electron chi connectivity index (χ4n) is 3.85. The average molecular weight is 307 g/mol. The molecule has 3 rings (SSSR count). The Labute approximate surface area is 126 Å². The fraction of sp³-hybridized carbons (Fsp3) is 0.562. The van der Waals surface area contributed by atoms with Crippen LogP contribution in [0.5, 0.6) is 0 Å². The molecule has 2 heterocycles. The maximum Gasteiger partial charge on any atom is 0.243 e. The number of nitrogens with zero attached hydrogens (tertiary/aromatic N) is 1. The van der Waals surface area contributed by atoms with Crippen LogP contribution in [0, 0.1) is 5.92 Å². The lowest BCUT2D eigenvalue weighted by Crippen LogP contribution is -2.58. The summed E-state index contributed by atoms with van der Waals surface area (Å²) >= 11 is 0. The van der Waals surface area contributed by atoms with Crippen LogP contribution >= 0.6 is 0 Å². The predicted molar refractivity (Wildman–Crippen MR) is 80.3 cm³/mol. The molecule has 2 bridgehead atoms. The molecular formula is C16H21NO3S. The van der Waals surface area contributed by atoms with E-state index in [2.05, 4.69) is 0 Å². The number of ketones is 1. The molecule has 0 N–H and O–H groups in total. The van der Waals surface area contributed by atoms with E-state index in [1.54, 1.807) is 28.6 Å². The third kappa shape index (κ3) is 2.42. The summed E-state index contributed by atoms with van der Waals surface area (Å²) in [6.45, 7) is 1.98. The van der Waals surface area contributed by atoms with Crippen LogP contribution in [0.15, 0.2) is 35.2 Å². The monoisotopic (exact) mass is 307 g/mol. The van der Waals surface area contributed by atoms with Gasteiger partial charge in [0.25, 0.3) is 0 Å². The molecular weight excluding hydrogens is 286 g/mol. The van der Waals surface area contributed by atoms with Crippen molar-refractivity contribution in [1.29, 1.82) is 0 Å². The van der Waals surface area contributed by atoms with Gasteiger partial charge in [-0.3, -0.25) is 4.79 Å². The van der Waals surface area contributed by atoms with Gasteiger partial charge in [0.2, 0.25) is 10.0 Å². The van der Waals surface area contributed by atoms with Gasteiger partial charge in [0.1, 0.15) is 5.78 Å². The maximum atomic E-state index is 13.0. The van der Waals surface area contributed by atoms with E-state index >= 15 is 0 Å². The van der Waals surface area contributed by atoms with Crippen molar-refractivity contribution in [2.75, 3.05) is 0 Å². The van der Waals surface area contributed by atoms with Gasteiger partial charge in [0, 0.05) is 24.4 Å². The van der Waals surface area contributed by atoms with E-state index in [0.29, 0.717) is 11.3 Å². The second-order valence-corrected chi connectivity index (χ2v) is 7.83. The minimum atomic E-state index is -3.51. The first-order chi connectivity index (χ1) is 10.1. The lowest BCUT2D eigenvalue weighted by atomic mass is 9.77. The van der Waals surface area contributed by atoms with E-state index < -0.39 is 10.0 Å².